The SMILES string of the molecule is CC[C@H](C)C([C@@H](CC(=O)N1C[C@@H](O)C[C@H]1[C@H](OC)[C@@H](C)C(=O)NCCc1c(F)cccc1F)OC)N(C)C(=O)[C@@H](NC(=O)[C@H](C(C)C)N(C)C(=O)OCc1ccc(NC(=O)[C@H](CCCNC(N)=O)NC(=O)[C@@H](NC(=O)CCCCCN2C(=O)C=CC2=O)C(C)C)cc1)C(C)C. The lowest BCUT2D eigenvalue weighted by molar-refractivity contribution is -0.148. The van der Waals surface area contributed by atoms with Crippen molar-refractivity contribution < 1.29 is 80.8 Å². The molecule has 2 aliphatic rings. The van der Waals surface area contributed by atoms with Crippen LogP contribution in [0.3, 0.4) is 0 Å². The quantitative estimate of drug-likeness (QED) is 0.0340. The fourth-order valence-electron chi connectivity index (χ4n) is 11.9. The van der Waals surface area contributed by atoms with Crippen molar-refractivity contribution in [3.05, 3.63) is 77.4 Å². The monoisotopic (exact) mass is 1340 g/mol. The van der Waals surface area contributed by atoms with Crippen LogP contribution in [0.1, 0.15) is 131 Å². The van der Waals surface area contributed by atoms with Crippen molar-refractivity contribution >= 4 is 71.0 Å². The van der Waals surface area contributed by atoms with Gasteiger partial charge in [0.2, 0.25) is 41.4 Å². The molecule has 528 valence electrons. The van der Waals surface area contributed by atoms with Gasteiger partial charge in [-0.2, -0.15) is 0 Å². The Bertz CT molecular complexity index is 2950. The van der Waals surface area contributed by atoms with Crippen LogP contribution in [0.15, 0.2) is 54.6 Å². The van der Waals surface area contributed by atoms with E-state index in [2.05, 4.69) is 31.9 Å². The van der Waals surface area contributed by atoms with Crippen LogP contribution in [0.2, 0.25) is 0 Å². The number of imide groups is 1. The summed E-state index contributed by atoms with van der Waals surface area (Å²) in [4.78, 5) is 152. The molecule has 12 amide bonds. The van der Waals surface area contributed by atoms with Crippen LogP contribution in [0.25, 0.3) is 0 Å². The molecule has 1 saturated heterocycles. The third-order valence-corrected chi connectivity index (χ3v) is 17.5. The second kappa shape index (κ2) is 38.4. The van der Waals surface area contributed by atoms with Crippen LogP contribution in [-0.4, -0.2) is 199 Å². The summed E-state index contributed by atoms with van der Waals surface area (Å²) < 4.78 is 46.1. The molecule has 0 spiro atoms. The standard InChI is InChI=1S/C67H101F2N11O15/c1-14-41(8)59(51(93-12)35-55(85)80-36-45(81)34-50(80)60(94-13)42(9)61(86)71-32-30-46-47(68)20-18-21-48(46)69)77(10)65(90)57(39(4)5)76-64(89)58(40(6)7)78(11)67(92)95-37-43-24-26-44(27-25-43)73-62(87)49(22-19-31-72-66(70)91)74-63(88)56(38(2)3)75-52(82)23-16-15-17-33-79-53(83)28-29-54(79)84/h18,20-21,24-29,38-42,45,49-51,56-60,81H,14-17,19,22-23,30-37H2,1-13H3,(H,71,86)(H,73,87)(H,74,88)(H,75,82)(H,76,89)(H3,70,72,91)/t41-,42+,45-,49-,50-,51+,56-,57-,58-,59?,60+/m0/s1. The number of methoxy groups -OCH3 is 2. The summed E-state index contributed by atoms with van der Waals surface area (Å²) in [7, 11) is 5.79. The highest BCUT2D eigenvalue weighted by Crippen LogP contribution is 2.31. The number of hydrogen-bond donors (Lipinski definition) is 8. The van der Waals surface area contributed by atoms with Gasteiger partial charge in [0.1, 0.15) is 42.4 Å². The maximum atomic E-state index is 14.8. The normalized spacial score (nSPS) is 17.5. The summed E-state index contributed by atoms with van der Waals surface area (Å²) in [6.45, 7) is 15.8. The van der Waals surface area contributed by atoms with Gasteiger partial charge in [0, 0.05) is 84.3 Å². The van der Waals surface area contributed by atoms with E-state index < -0.39 is 137 Å². The topological polar surface area (TPSA) is 347 Å². The van der Waals surface area contributed by atoms with E-state index in [1.54, 1.807) is 79.8 Å². The van der Waals surface area contributed by atoms with Gasteiger partial charge in [-0.25, -0.2) is 18.4 Å². The molecule has 0 saturated carbocycles. The van der Waals surface area contributed by atoms with E-state index in [0.29, 0.717) is 36.9 Å². The third-order valence-electron chi connectivity index (χ3n) is 17.5. The molecule has 26 nitrogen and oxygen atoms in total. The Morgan fingerprint density at radius 1 is 0.726 bits per heavy atom. The zero-order valence-electron chi connectivity index (χ0n) is 57.2. The summed E-state index contributed by atoms with van der Waals surface area (Å²) in [5.74, 6) is -8.35. The lowest BCUT2D eigenvalue weighted by Gasteiger charge is -2.41. The molecule has 0 bridgehead atoms. The molecule has 2 aromatic rings. The number of nitrogens with two attached hydrogens (primary N) is 1. The van der Waals surface area contributed by atoms with E-state index >= 15 is 0 Å². The first-order valence-electron chi connectivity index (χ1n) is 32.6. The molecule has 0 radical (unpaired) electrons. The van der Waals surface area contributed by atoms with Gasteiger partial charge >= 0.3 is 12.1 Å². The highest BCUT2D eigenvalue weighted by molar-refractivity contribution is 6.12. The van der Waals surface area contributed by atoms with Gasteiger partial charge in [0.05, 0.1) is 42.7 Å². The van der Waals surface area contributed by atoms with Crippen molar-refractivity contribution in [1.82, 2.24) is 46.2 Å². The summed E-state index contributed by atoms with van der Waals surface area (Å²) in [5, 5.41) is 27.3. The average molecular weight is 1340 g/mol. The van der Waals surface area contributed by atoms with E-state index in [1.807, 2.05) is 13.8 Å². The highest BCUT2D eigenvalue weighted by atomic mass is 19.1. The number of urea groups is 1. The Balaban J connectivity index is 1.38. The molecule has 0 aromatic heterocycles. The number of likely N-dealkylation sites (tertiary alicyclic amines) is 1. The first kappa shape index (κ1) is 79.3. The van der Waals surface area contributed by atoms with Crippen molar-refractivity contribution in [3.8, 4) is 0 Å². The second-order valence-corrected chi connectivity index (χ2v) is 25.6. The molecular formula is C67H101F2N11O15. The third kappa shape index (κ3) is 23.4. The zero-order chi connectivity index (χ0) is 71.0. The minimum atomic E-state index is -1.13. The number of amides is 12. The van der Waals surface area contributed by atoms with E-state index in [4.69, 9.17) is 19.9 Å². The number of halogens is 2. The molecule has 28 heteroatoms. The number of rotatable bonds is 38. The number of benzene rings is 2. The Hall–Kier alpha value is -8.11. The Morgan fingerprint density at radius 2 is 1.36 bits per heavy atom. The molecule has 9 N–H and O–H groups in total. The number of anilines is 1. The molecule has 95 heavy (non-hydrogen) atoms. The van der Waals surface area contributed by atoms with Crippen LogP contribution in [0.5, 0.6) is 0 Å². The summed E-state index contributed by atoms with van der Waals surface area (Å²) in [6, 6.07) is 3.19. The molecule has 11 atom stereocenters. The number of aliphatic hydroxyl groups is 1. The van der Waals surface area contributed by atoms with Gasteiger partial charge in [-0.1, -0.05) is 93.4 Å². The number of unbranched alkanes of at least 4 members (excludes halogenated alkanes) is 2. The van der Waals surface area contributed by atoms with Crippen LogP contribution in [0, 0.1) is 41.2 Å². The number of ether oxygens (including phenoxy) is 3. The Kier molecular flexibility index (Phi) is 32.1. The number of aliphatic hydroxyl groups excluding tert-OH is 1. The Labute approximate surface area is 556 Å². The summed E-state index contributed by atoms with van der Waals surface area (Å²) >= 11 is 0. The van der Waals surface area contributed by atoms with Gasteiger partial charge in [-0.05, 0) is 92.0 Å². The number of primary amides is 1. The van der Waals surface area contributed by atoms with E-state index in [9.17, 15) is 66.6 Å². The molecule has 2 aromatic carbocycles. The van der Waals surface area contributed by atoms with Gasteiger partial charge in [-0.3, -0.25) is 53.0 Å². The van der Waals surface area contributed by atoms with Crippen molar-refractivity contribution in [3.63, 3.8) is 0 Å². The number of carbonyl (C=O) groups is 11. The van der Waals surface area contributed by atoms with Gasteiger partial charge < -0.3 is 66.8 Å². The van der Waals surface area contributed by atoms with Gasteiger partial charge in [0.25, 0.3) is 11.8 Å². The molecule has 2 heterocycles. The fourth-order valence-corrected chi connectivity index (χ4v) is 11.9. The Morgan fingerprint density at radius 3 is 1.93 bits per heavy atom. The van der Waals surface area contributed by atoms with Gasteiger partial charge in [0.15, 0.2) is 0 Å². The van der Waals surface area contributed by atoms with E-state index in [-0.39, 0.29) is 101 Å². The molecule has 1 fully saturated rings. The average Bonchev–Trinajstić information content (AvgIpc) is 1.78. The van der Waals surface area contributed by atoms with Crippen LogP contribution >= 0.6 is 0 Å². The molecule has 4 rings (SSSR count). The predicted octanol–water partition coefficient (Wildman–Crippen LogP) is 4.45. The lowest BCUT2D eigenvalue weighted by Crippen LogP contribution is -2.60. The number of nitrogens with zero attached hydrogens (tertiary/aromatic N) is 4. The number of hydrogen-bond acceptors (Lipinski definition) is 15. The van der Waals surface area contributed by atoms with Crippen molar-refractivity contribution in [2.75, 3.05) is 59.8 Å². The largest absolute Gasteiger partial charge is 0.445 e. The zero-order valence-corrected chi connectivity index (χ0v) is 57.2. The maximum absolute atomic E-state index is 14.8. The molecular weight excluding hydrogens is 1240 g/mol. The number of β-amino-alcohol motifs (C(OH)–C–C–N with tert-alkyl or cyclic N) is 1. The summed E-state index contributed by atoms with van der Waals surface area (Å²) in [5.41, 5.74) is 5.89. The van der Waals surface area contributed by atoms with Crippen LogP contribution in [0.4, 0.5) is 24.1 Å². The fraction of sp³-hybridized carbons (Fsp3) is 0.627. The number of nitrogens with one attached hydrogen (secondary N) is 6. The first-order valence-corrected chi connectivity index (χ1v) is 32.6. The van der Waals surface area contributed by atoms with Crippen LogP contribution in [-0.2, 0) is 70.4 Å². The number of carbonyl (C=O) groups excluding carboxylic acids is 11. The minimum absolute atomic E-state index is 0.0697. The van der Waals surface area contributed by atoms with Crippen molar-refractivity contribution in [1.29, 1.82) is 0 Å². The second-order valence-electron chi connectivity index (χ2n) is 25.6. The predicted molar refractivity (Wildman–Crippen MR) is 349 cm³/mol. The summed E-state index contributed by atoms with van der Waals surface area (Å²) in [6.07, 6.45) is 0.977. The van der Waals surface area contributed by atoms with E-state index in [0.717, 1.165) is 21.9 Å². The van der Waals surface area contributed by atoms with Crippen LogP contribution < -0.4 is 37.6 Å². The van der Waals surface area contributed by atoms with Gasteiger partial charge in [-0.15, -0.1) is 0 Å². The minimum Gasteiger partial charge on any atom is -0.445 e. The van der Waals surface area contributed by atoms with Crippen molar-refractivity contribution in [2.24, 2.45) is 35.3 Å². The smallest absolute Gasteiger partial charge is 0.410 e. The molecule has 1 unspecified atom stereocenters. The first-order chi connectivity index (χ1) is 44.9. The maximum Gasteiger partial charge on any atom is 0.410 e. The lowest BCUT2D eigenvalue weighted by atomic mass is 9.89. The molecule has 2 aliphatic heterocycles. The number of likely N-dealkylation sites (N-methyl/N-ethyl adjacent to an activating group) is 2. The highest BCUT2D eigenvalue weighted by Gasteiger charge is 2.46. The molecule has 0 aliphatic carbocycles. The van der Waals surface area contributed by atoms with E-state index in [1.165, 1.54) is 49.3 Å². The van der Waals surface area contributed by atoms with Crippen molar-refractivity contribution in [2.45, 2.75) is 188 Å².